The standard InChI is InChI=1S/C20H21N3O5/c1-13-9-16(5-6-18(13)22-7-3-4-8-22)21-19(24)14-10-15(20(25)28-2)12-17(11-14)23(26)27/h5-6,9-12H,3-4,7-8H2,1-2H3,(H,21,24). The molecule has 3 rings (SSSR count). The van der Waals surface area contributed by atoms with Crippen molar-refractivity contribution in [2.75, 3.05) is 30.4 Å². The summed E-state index contributed by atoms with van der Waals surface area (Å²) in [5, 5.41) is 13.9. The van der Waals surface area contributed by atoms with Gasteiger partial charge in [0.05, 0.1) is 17.6 Å². The van der Waals surface area contributed by atoms with E-state index < -0.39 is 16.8 Å². The Balaban J connectivity index is 1.84. The molecule has 1 fully saturated rings. The van der Waals surface area contributed by atoms with Gasteiger partial charge >= 0.3 is 5.97 Å². The molecule has 146 valence electrons. The number of carbonyl (C=O) groups is 2. The number of anilines is 2. The second kappa shape index (κ2) is 8.08. The third-order valence-electron chi connectivity index (χ3n) is 4.71. The van der Waals surface area contributed by atoms with Crippen LogP contribution in [0.3, 0.4) is 0 Å². The summed E-state index contributed by atoms with van der Waals surface area (Å²) in [5.41, 5.74) is 2.36. The molecule has 8 nitrogen and oxygen atoms in total. The van der Waals surface area contributed by atoms with Gasteiger partial charge in [-0.2, -0.15) is 0 Å². The molecule has 1 saturated heterocycles. The van der Waals surface area contributed by atoms with Crippen molar-refractivity contribution in [3.63, 3.8) is 0 Å². The molecule has 0 spiro atoms. The smallest absolute Gasteiger partial charge is 0.338 e. The fourth-order valence-electron chi connectivity index (χ4n) is 3.33. The Kier molecular flexibility index (Phi) is 5.58. The molecular formula is C20H21N3O5. The zero-order chi connectivity index (χ0) is 20.3. The Bertz CT molecular complexity index is 935. The number of hydrogen-bond donors (Lipinski definition) is 1. The van der Waals surface area contributed by atoms with Gasteiger partial charge in [-0.1, -0.05) is 0 Å². The average Bonchev–Trinajstić information content (AvgIpc) is 3.21. The minimum Gasteiger partial charge on any atom is -0.465 e. The van der Waals surface area contributed by atoms with Gasteiger partial charge in [0.2, 0.25) is 0 Å². The van der Waals surface area contributed by atoms with Crippen LogP contribution in [0.25, 0.3) is 0 Å². The van der Waals surface area contributed by atoms with E-state index in [1.165, 1.54) is 26.0 Å². The van der Waals surface area contributed by atoms with Crippen molar-refractivity contribution in [2.24, 2.45) is 0 Å². The summed E-state index contributed by atoms with van der Waals surface area (Å²) in [5.74, 6) is -1.29. The third-order valence-corrected chi connectivity index (χ3v) is 4.71. The van der Waals surface area contributed by atoms with Gasteiger partial charge in [-0.3, -0.25) is 14.9 Å². The Hall–Kier alpha value is -3.42. The predicted octanol–water partition coefficient (Wildman–Crippen LogP) is 3.54. The maximum absolute atomic E-state index is 12.6. The van der Waals surface area contributed by atoms with E-state index in [0.29, 0.717) is 5.69 Å². The molecular weight excluding hydrogens is 362 g/mol. The minimum atomic E-state index is -0.747. The number of carbonyl (C=O) groups excluding carboxylic acids is 2. The first-order chi connectivity index (χ1) is 13.4. The molecule has 1 N–H and O–H groups in total. The molecule has 1 amide bonds. The van der Waals surface area contributed by atoms with Gasteiger partial charge in [-0.25, -0.2) is 4.79 Å². The lowest BCUT2D eigenvalue weighted by molar-refractivity contribution is -0.384. The Morgan fingerprint density at radius 3 is 2.39 bits per heavy atom. The monoisotopic (exact) mass is 383 g/mol. The molecule has 2 aromatic carbocycles. The Labute approximate surface area is 162 Å². The number of non-ortho nitro benzene ring substituents is 1. The van der Waals surface area contributed by atoms with Crippen molar-refractivity contribution in [1.29, 1.82) is 0 Å². The first-order valence-electron chi connectivity index (χ1n) is 8.94. The van der Waals surface area contributed by atoms with Gasteiger partial charge in [-0.05, 0) is 49.6 Å². The molecule has 28 heavy (non-hydrogen) atoms. The molecule has 0 radical (unpaired) electrons. The number of methoxy groups -OCH3 is 1. The van der Waals surface area contributed by atoms with Crippen LogP contribution >= 0.6 is 0 Å². The Morgan fingerprint density at radius 2 is 1.79 bits per heavy atom. The van der Waals surface area contributed by atoms with Crippen LogP contribution in [0, 0.1) is 17.0 Å². The number of hydrogen-bond acceptors (Lipinski definition) is 6. The van der Waals surface area contributed by atoms with Crippen LogP contribution in [0.4, 0.5) is 17.1 Å². The van der Waals surface area contributed by atoms with Crippen LogP contribution in [0.5, 0.6) is 0 Å². The minimum absolute atomic E-state index is 0.0101. The van der Waals surface area contributed by atoms with Crippen molar-refractivity contribution in [3.8, 4) is 0 Å². The molecule has 0 saturated carbocycles. The molecule has 8 heteroatoms. The normalized spacial score (nSPS) is 13.3. The predicted molar refractivity (Wildman–Crippen MR) is 105 cm³/mol. The number of nitro benzene ring substituents is 1. The first-order valence-corrected chi connectivity index (χ1v) is 8.94. The lowest BCUT2D eigenvalue weighted by Gasteiger charge is -2.20. The molecule has 1 aliphatic rings. The SMILES string of the molecule is COC(=O)c1cc(C(=O)Nc2ccc(N3CCCC3)c(C)c2)cc([N+](=O)[O-])c1. The second-order valence-corrected chi connectivity index (χ2v) is 6.67. The van der Waals surface area contributed by atoms with Crippen molar-refractivity contribution in [1.82, 2.24) is 0 Å². The Morgan fingerprint density at radius 1 is 1.11 bits per heavy atom. The molecule has 2 aromatic rings. The van der Waals surface area contributed by atoms with Crippen LogP contribution < -0.4 is 10.2 Å². The number of nitrogens with zero attached hydrogens (tertiary/aromatic N) is 2. The fraction of sp³-hybridized carbons (Fsp3) is 0.300. The van der Waals surface area contributed by atoms with Gasteiger partial charge in [0.25, 0.3) is 11.6 Å². The van der Waals surface area contributed by atoms with Gasteiger partial charge in [0.15, 0.2) is 0 Å². The maximum atomic E-state index is 12.6. The maximum Gasteiger partial charge on any atom is 0.338 e. The number of aryl methyl sites for hydroxylation is 1. The van der Waals surface area contributed by atoms with E-state index in [2.05, 4.69) is 15.0 Å². The largest absolute Gasteiger partial charge is 0.465 e. The van der Waals surface area contributed by atoms with E-state index in [4.69, 9.17) is 0 Å². The van der Waals surface area contributed by atoms with Crippen LogP contribution in [-0.2, 0) is 4.74 Å². The summed E-state index contributed by atoms with van der Waals surface area (Å²) in [6.07, 6.45) is 2.35. The van der Waals surface area contributed by atoms with E-state index in [1.54, 1.807) is 6.07 Å². The van der Waals surface area contributed by atoms with Gasteiger partial charge in [0, 0.05) is 42.2 Å². The summed E-state index contributed by atoms with van der Waals surface area (Å²) in [6, 6.07) is 9.12. The number of esters is 1. The van der Waals surface area contributed by atoms with Crippen molar-refractivity contribution >= 4 is 28.9 Å². The highest BCUT2D eigenvalue weighted by molar-refractivity contribution is 6.06. The number of benzene rings is 2. The number of ether oxygens (including phenoxy) is 1. The van der Waals surface area contributed by atoms with Crippen molar-refractivity contribution in [3.05, 3.63) is 63.2 Å². The average molecular weight is 383 g/mol. The van der Waals surface area contributed by atoms with E-state index in [0.717, 1.165) is 36.5 Å². The van der Waals surface area contributed by atoms with E-state index in [9.17, 15) is 19.7 Å². The van der Waals surface area contributed by atoms with E-state index in [-0.39, 0.29) is 16.8 Å². The van der Waals surface area contributed by atoms with Crippen LogP contribution in [-0.4, -0.2) is 37.0 Å². The quantitative estimate of drug-likeness (QED) is 0.481. The zero-order valence-electron chi connectivity index (χ0n) is 15.7. The highest BCUT2D eigenvalue weighted by Crippen LogP contribution is 2.27. The van der Waals surface area contributed by atoms with Crippen molar-refractivity contribution < 1.29 is 19.2 Å². The summed E-state index contributed by atoms with van der Waals surface area (Å²) >= 11 is 0. The number of nitrogens with one attached hydrogen (secondary N) is 1. The lowest BCUT2D eigenvalue weighted by atomic mass is 10.1. The molecule has 1 aliphatic heterocycles. The van der Waals surface area contributed by atoms with Crippen LogP contribution in [0.2, 0.25) is 0 Å². The number of rotatable bonds is 5. The highest BCUT2D eigenvalue weighted by Gasteiger charge is 2.19. The van der Waals surface area contributed by atoms with Crippen LogP contribution in [0.1, 0.15) is 39.1 Å². The molecule has 0 aliphatic carbocycles. The number of nitro groups is 1. The zero-order valence-corrected chi connectivity index (χ0v) is 15.7. The van der Waals surface area contributed by atoms with Crippen molar-refractivity contribution in [2.45, 2.75) is 19.8 Å². The molecule has 0 aromatic heterocycles. The molecule has 0 bridgehead atoms. The highest BCUT2D eigenvalue weighted by atomic mass is 16.6. The molecule has 0 unspecified atom stereocenters. The second-order valence-electron chi connectivity index (χ2n) is 6.67. The third kappa shape index (κ3) is 4.11. The van der Waals surface area contributed by atoms with E-state index in [1.807, 2.05) is 19.1 Å². The van der Waals surface area contributed by atoms with Gasteiger partial charge in [0.1, 0.15) is 0 Å². The first kappa shape index (κ1) is 19.3. The molecule has 0 atom stereocenters. The molecule has 1 heterocycles. The summed E-state index contributed by atoms with van der Waals surface area (Å²) in [7, 11) is 1.17. The number of amides is 1. The fourth-order valence-corrected chi connectivity index (χ4v) is 3.33. The lowest BCUT2D eigenvalue weighted by Crippen LogP contribution is -2.19. The van der Waals surface area contributed by atoms with E-state index >= 15 is 0 Å². The van der Waals surface area contributed by atoms with Gasteiger partial charge < -0.3 is 15.0 Å². The summed E-state index contributed by atoms with van der Waals surface area (Å²) in [4.78, 5) is 37.1. The summed E-state index contributed by atoms with van der Waals surface area (Å²) in [6.45, 7) is 4.03. The summed E-state index contributed by atoms with van der Waals surface area (Å²) < 4.78 is 4.60. The topological polar surface area (TPSA) is 102 Å². The van der Waals surface area contributed by atoms with Gasteiger partial charge in [-0.15, -0.1) is 0 Å². The van der Waals surface area contributed by atoms with Crippen LogP contribution in [0.15, 0.2) is 36.4 Å².